The van der Waals surface area contributed by atoms with Gasteiger partial charge in [-0.25, -0.2) is 4.98 Å². The third kappa shape index (κ3) is 1.69. The number of anilines is 1. The third-order valence-corrected chi connectivity index (χ3v) is 3.85. The molecule has 3 aromatic rings. The Hall–Kier alpha value is -2.30. The third-order valence-electron chi connectivity index (χ3n) is 3.85. The highest BCUT2D eigenvalue weighted by molar-refractivity contribution is 5.98. The average molecular weight is 253 g/mol. The van der Waals surface area contributed by atoms with Gasteiger partial charge in [0.2, 0.25) is 0 Å². The first kappa shape index (κ1) is 10.6. The summed E-state index contributed by atoms with van der Waals surface area (Å²) in [7, 11) is 0. The molecule has 19 heavy (non-hydrogen) atoms. The standard InChI is InChI=1S/C14H15N5/c1-2-10(3-1)19-13-11-4-5-15-14(11)16-8-12(13)9-6-17-18-7-9/h4-8,10H,1-3H2,(H,17,18)(H2,15,16,19). The quantitative estimate of drug-likeness (QED) is 0.672. The molecule has 1 aliphatic carbocycles. The Bertz CT molecular complexity index is 694. The van der Waals surface area contributed by atoms with Crippen LogP contribution in [-0.2, 0) is 0 Å². The van der Waals surface area contributed by atoms with Crippen LogP contribution in [-0.4, -0.2) is 26.2 Å². The smallest absolute Gasteiger partial charge is 0.139 e. The number of hydrogen-bond acceptors (Lipinski definition) is 3. The van der Waals surface area contributed by atoms with E-state index in [4.69, 9.17) is 0 Å². The van der Waals surface area contributed by atoms with Crippen LogP contribution in [0, 0.1) is 0 Å². The fraction of sp³-hybridized carbons (Fsp3) is 0.286. The number of nitrogens with one attached hydrogen (secondary N) is 3. The van der Waals surface area contributed by atoms with E-state index in [2.05, 4.69) is 31.5 Å². The van der Waals surface area contributed by atoms with E-state index in [0.29, 0.717) is 6.04 Å². The van der Waals surface area contributed by atoms with E-state index in [9.17, 15) is 0 Å². The molecule has 1 saturated carbocycles. The molecule has 0 saturated heterocycles. The number of hydrogen-bond donors (Lipinski definition) is 3. The molecule has 0 aromatic carbocycles. The second-order valence-corrected chi connectivity index (χ2v) is 5.05. The van der Waals surface area contributed by atoms with E-state index >= 15 is 0 Å². The van der Waals surface area contributed by atoms with Crippen molar-refractivity contribution < 1.29 is 0 Å². The minimum Gasteiger partial charge on any atom is -0.381 e. The summed E-state index contributed by atoms with van der Waals surface area (Å²) in [5.41, 5.74) is 4.26. The summed E-state index contributed by atoms with van der Waals surface area (Å²) in [6.45, 7) is 0. The molecule has 3 N–H and O–H groups in total. The summed E-state index contributed by atoms with van der Waals surface area (Å²) in [6.07, 6.45) is 11.4. The summed E-state index contributed by atoms with van der Waals surface area (Å²) in [6, 6.07) is 2.67. The van der Waals surface area contributed by atoms with Gasteiger partial charge in [-0.3, -0.25) is 5.10 Å². The summed E-state index contributed by atoms with van der Waals surface area (Å²) in [5, 5.41) is 11.7. The van der Waals surface area contributed by atoms with Gasteiger partial charge < -0.3 is 10.3 Å². The summed E-state index contributed by atoms with van der Waals surface area (Å²) < 4.78 is 0. The van der Waals surface area contributed by atoms with Gasteiger partial charge >= 0.3 is 0 Å². The van der Waals surface area contributed by atoms with Crippen molar-refractivity contribution in [2.45, 2.75) is 25.3 Å². The van der Waals surface area contributed by atoms with Crippen molar-refractivity contribution in [1.82, 2.24) is 20.2 Å². The lowest BCUT2D eigenvalue weighted by Gasteiger charge is -2.28. The summed E-state index contributed by atoms with van der Waals surface area (Å²) in [4.78, 5) is 7.64. The van der Waals surface area contributed by atoms with Gasteiger partial charge in [-0.05, 0) is 25.3 Å². The summed E-state index contributed by atoms with van der Waals surface area (Å²) in [5.74, 6) is 0. The van der Waals surface area contributed by atoms with Crippen molar-refractivity contribution in [3.05, 3.63) is 30.9 Å². The van der Waals surface area contributed by atoms with E-state index in [-0.39, 0.29) is 0 Å². The highest BCUT2D eigenvalue weighted by Crippen LogP contribution is 2.35. The molecule has 0 radical (unpaired) electrons. The topological polar surface area (TPSA) is 69.4 Å². The molecule has 5 heteroatoms. The van der Waals surface area contributed by atoms with Gasteiger partial charge in [-0.2, -0.15) is 5.10 Å². The van der Waals surface area contributed by atoms with Crippen molar-refractivity contribution in [3.63, 3.8) is 0 Å². The van der Waals surface area contributed by atoms with Gasteiger partial charge in [0.15, 0.2) is 0 Å². The van der Waals surface area contributed by atoms with Crippen LogP contribution in [0.1, 0.15) is 19.3 Å². The van der Waals surface area contributed by atoms with Gasteiger partial charge in [0, 0.05) is 41.1 Å². The summed E-state index contributed by atoms with van der Waals surface area (Å²) >= 11 is 0. The van der Waals surface area contributed by atoms with Crippen LogP contribution in [0.25, 0.3) is 22.2 Å². The predicted molar refractivity (Wildman–Crippen MR) is 74.9 cm³/mol. The van der Waals surface area contributed by atoms with E-state index in [1.165, 1.54) is 19.3 Å². The number of H-pyrrole nitrogens is 2. The van der Waals surface area contributed by atoms with E-state index < -0.39 is 0 Å². The minimum atomic E-state index is 0.589. The predicted octanol–water partition coefficient (Wildman–Crippen LogP) is 2.92. The first-order chi connectivity index (χ1) is 9.42. The van der Waals surface area contributed by atoms with Gasteiger partial charge in [0.05, 0.1) is 11.9 Å². The Kier molecular flexibility index (Phi) is 2.30. The van der Waals surface area contributed by atoms with Crippen LogP contribution < -0.4 is 5.32 Å². The molecule has 4 rings (SSSR count). The SMILES string of the molecule is c1cc2c(NC3CCC3)c(-c3cn[nH]c3)cnc2[nH]1. The van der Waals surface area contributed by atoms with Crippen LogP contribution in [0.15, 0.2) is 30.9 Å². The highest BCUT2D eigenvalue weighted by atomic mass is 15.1. The lowest BCUT2D eigenvalue weighted by atomic mass is 9.92. The molecule has 3 heterocycles. The maximum atomic E-state index is 4.47. The van der Waals surface area contributed by atoms with Crippen molar-refractivity contribution in [2.24, 2.45) is 0 Å². The Balaban J connectivity index is 1.88. The molecule has 0 amide bonds. The molecule has 5 nitrogen and oxygen atoms in total. The monoisotopic (exact) mass is 253 g/mol. The Morgan fingerprint density at radius 3 is 2.95 bits per heavy atom. The average Bonchev–Trinajstić information content (AvgIpc) is 3.03. The molecule has 1 fully saturated rings. The molecule has 0 atom stereocenters. The van der Waals surface area contributed by atoms with Gasteiger partial charge in [-0.1, -0.05) is 0 Å². The molecule has 0 spiro atoms. The van der Waals surface area contributed by atoms with Crippen molar-refractivity contribution in [1.29, 1.82) is 0 Å². The van der Waals surface area contributed by atoms with Gasteiger partial charge in [-0.15, -0.1) is 0 Å². The Morgan fingerprint density at radius 1 is 1.26 bits per heavy atom. The fourth-order valence-electron chi connectivity index (χ4n) is 2.54. The Morgan fingerprint density at radius 2 is 2.21 bits per heavy atom. The highest BCUT2D eigenvalue weighted by Gasteiger charge is 2.20. The molecule has 1 aliphatic rings. The lowest BCUT2D eigenvalue weighted by molar-refractivity contribution is 0.446. The maximum absolute atomic E-state index is 4.47. The number of aromatic amines is 2. The first-order valence-corrected chi connectivity index (χ1v) is 6.63. The van der Waals surface area contributed by atoms with Gasteiger partial charge in [0.1, 0.15) is 5.65 Å². The van der Waals surface area contributed by atoms with Crippen LogP contribution >= 0.6 is 0 Å². The van der Waals surface area contributed by atoms with Crippen LogP contribution in [0.4, 0.5) is 5.69 Å². The zero-order valence-electron chi connectivity index (χ0n) is 10.5. The van der Waals surface area contributed by atoms with E-state index in [1.807, 2.05) is 24.8 Å². The van der Waals surface area contributed by atoms with Crippen LogP contribution in [0.3, 0.4) is 0 Å². The molecular formula is C14H15N5. The second-order valence-electron chi connectivity index (χ2n) is 5.05. The Labute approximate surface area is 110 Å². The minimum absolute atomic E-state index is 0.589. The molecular weight excluding hydrogens is 238 g/mol. The molecule has 3 aromatic heterocycles. The van der Waals surface area contributed by atoms with Crippen molar-refractivity contribution >= 4 is 16.7 Å². The van der Waals surface area contributed by atoms with E-state index in [0.717, 1.165) is 27.8 Å². The lowest BCUT2D eigenvalue weighted by Crippen LogP contribution is -2.27. The van der Waals surface area contributed by atoms with Crippen LogP contribution in [0.2, 0.25) is 0 Å². The first-order valence-electron chi connectivity index (χ1n) is 6.63. The fourth-order valence-corrected chi connectivity index (χ4v) is 2.54. The largest absolute Gasteiger partial charge is 0.381 e. The van der Waals surface area contributed by atoms with Gasteiger partial charge in [0.25, 0.3) is 0 Å². The normalized spacial score (nSPS) is 15.6. The molecule has 0 aliphatic heterocycles. The molecule has 0 bridgehead atoms. The number of aromatic nitrogens is 4. The maximum Gasteiger partial charge on any atom is 0.139 e. The number of pyridine rings is 1. The zero-order chi connectivity index (χ0) is 12.7. The van der Waals surface area contributed by atoms with Crippen molar-refractivity contribution in [3.8, 4) is 11.1 Å². The van der Waals surface area contributed by atoms with Crippen molar-refractivity contribution in [2.75, 3.05) is 5.32 Å². The number of nitrogens with zero attached hydrogens (tertiary/aromatic N) is 2. The van der Waals surface area contributed by atoms with E-state index in [1.54, 1.807) is 0 Å². The number of rotatable bonds is 3. The second kappa shape index (κ2) is 4.12. The molecule has 0 unspecified atom stereocenters. The molecule has 96 valence electrons. The number of fused-ring (bicyclic) bond motifs is 1. The zero-order valence-corrected chi connectivity index (χ0v) is 10.5. The van der Waals surface area contributed by atoms with Crippen LogP contribution in [0.5, 0.6) is 0 Å².